The quantitative estimate of drug-likeness (QED) is 0.879. The zero-order valence-corrected chi connectivity index (χ0v) is 13.4. The Labute approximate surface area is 140 Å². The molecule has 0 atom stereocenters. The Hall–Kier alpha value is -2.18. The number of nitrogens with zero attached hydrogens (tertiary/aromatic N) is 1. The van der Waals surface area contributed by atoms with Crippen LogP contribution in [0.25, 0.3) is 0 Å². The third-order valence-corrected chi connectivity index (χ3v) is 4.45. The molecule has 1 aliphatic rings. The van der Waals surface area contributed by atoms with Crippen molar-refractivity contribution in [3.8, 4) is 0 Å². The number of piperidine rings is 1. The zero-order valence-electron chi connectivity index (χ0n) is 13.4. The maximum Gasteiger partial charge on any atom is 0.234 e. The van der Waals surface area contributed by atoms with Gasteiger partial charge in [0.25, 0.3) is 0 Å². The average Bonchev–Trinajstić information content (AvgIpc) is 3.09. The number of hydrogen-bond acceptors (Lipinski definition) is 4. The van der Waals surface area contributed by atoms with E-state index in [4.69, 9.17) is 4.42 Å². The standard InChI is InChI=1S/C18H21FN2O3/c19-15-4-1-3-14(11-15)18(23)6-8-21(9-7-18)13-17(22)20-12-16-5-2-10-24-16/h1-5,10-11,23H,6-9,12-13H2,(H,20,22). The highest BCUT2D eigenvalue weighted by Gasteiger charge is 2.34. The van der Waals surface area contributed by atoms with Gasteiger partial charge in [0, 0.05) is 13.1 Å². The van der Waals surface area contributed by atoms with E-state index in [-0.39, 0.29) is 18.3 Å². The third kappa shape index (κ3) is 4.01. The van der Waals surface area contributed by atoms with Gasteiger partial charge in [-0.05, 0) is 42.7 Å². The first-order chi connectivity index (χ1) is 11.5. The van der Waals surface area contributed by atoms with Crippen molar-refractivity contribution in [1.29, 1.82) is 0 Å². The lowest BCUT2D eigenvalue weighted by molar-refractivity contribution is -0.123. The maximum absolute atomic E-state index is 13.4. The van der Waals surface area contributed by atoms with Crippen LogP contribution in [0.2, 0.25) is 0 Å². The van der Waals surface area contributed by atoms with Crippen LogP contribution in [0.5, 0.6) is 0 Å². The van der Waals surface area contributed by atoms with Crippen LogP contribution in [0.1, 0.15) is 24.2 Å². The number of benzene rings is 1. The summed E-state index contributed by atoms with van der Waals surface area (Å²) in [5, 5.41) is 13.5. The van der Waals surface area contributed by atoms with Gasteiger partial charge < -0.3 is 14.8 Å². The number of rotatable bonds is 5. The van der Waals surface area contributed by atoms with E-state index in [0.717, 1.165) is 0 Å². The molecule has 3 rings (SSSR count). The number of nitrogens with one attached hydrogen (secondary N) is 1. The van der Waals surface area contributed by atoms with E-state index in [9.17, 15) is 14.3 Å². The second kappa shape index (κ2) is 7.15. The molecule has 1 saturated heterocycles. The van der Waals surface area contributed by atoms with Crippen molar-refractivity contribution in [2.24, 2.45) is 0 Å². The Balaban J connectivity index is 1.48. The van der Waals surface area contributed by atoms with Crippen molar-refractivity contribution in [2.75, 3.05) is 19.6 Å². The largest absolute Gasteiger partial charge is 0.467 e. The van der Waals surface area contributed by atoms with Crippen LogP contribution in [0.15, 0.2) is 47.1 Å². The van der Waals surface area contributed by atoms with E-state index in [0.29, 0.717) is 43.8 Å². The molecule has 0 radical (unpaired) electrons. The van der Waals surface area contributed by atoms with E-state index in [1.165, 1.54) is 12.1 Å². The van der Waals surface area contributed by atoms with E-state index in [1.807, 2.05) is 4.90 Å². The fourth-order valence-corrected chi connectivity index (χ4v) is 3.01. The molecule has 6 heteroatoms. The molecule has 0 unspecified atom stereocenters. The van der Waals surface area contributed by atoms with Gasteiger partial charge in [-0.15, -0.1) is 0 Å². The molecule has 2 heterocycles. The number of carbonyl (C=O) groups excluding carboxylic acids is 1. The minimum Gasteiger partial charge on any atom is -0.467 e. The summed E-state index contributed by atoms with van der Waals surface area (Å²) < 4.78 is 18.5. The second-order valence-electron chi connectivity index (χ2n) is 6.17. The van der Waals surface area contributed by atoms with Gasteiger partial charge in [-0.3, -0.25) is 9.69 Å². The Morgan fingerprint density at radius 2 is 2.08 bits per heavy atom. The lowest BCUT2D eigenvalue weighted by Crippen LogP contribution is -2.46. The number of aliphatic hydroxyl groups is 1. The van der Waals surface area contributed by atoms with Gasteiger partial charge in [-0.2, -0.15) is 0 Å². The van der Waals surface area contributed by atoms with Crippen molar-refractivity contribution >= 4 is 5.91 Å². The molecule has 1 amide bonds. The van der Waals surface area contributed by atoms with Gasteiger partial charge in [0.15, 0.2) is 0 Å². The number of hydrogen-bond donors (Lipinski definition) is 2. The predicted molar refractivity (Wildman–Crippen MR) is 86.5 cm³/mol. The normalized spacial score (nSPS) is 17.6. The molecule has 1 fully saturated rings. The van der Waals surface area contributed by atoms with Crippen LogP contribution < -0.4 is 5.32 Å². The van der Waals surface area contributed by atoms with Crippen molar-refractivity contribution < 1.29 is 18.7 Å². The van der Waals surface area contributed by atoms with Gasteiger partial charge in [0.2, 0.25) is 5.91 Å². The Morgan fingerprint density at radius 1 is 1.29 bits per heavy atom. The molecular weight excluding hydrogens is 311 g/mol. The molecule has 1 aliphatic heterocycles. The summed E-state index contributed by atoms with van der Waals surface area (Å²) in [6.07, 6.45) is 2.52. The van der Waals surface area contributed by atoms with Gasteiger partial charge in [-0.1, -0.05) is 12.1 Å². The lowest BCUT2D eigenvalue weighted by atomic mass is 9.84. The Bertz CT molecular complexity index is 679. The van der Waals surface area contributed by atoms with E-state index in [2.05, 4.69) is 5.32 Å². The van der Waals surface area contributed by atoms with Gasteiger partial charge >= 0.3 is 0 Å². The van der Waals surface area contributed by atoms with Gasteiger partial charge in [0.05, 0.1) is 25.0 Å². The monoisotopic (exact) mass is 332 g/mol. The van der Waals surface area contributed by atoms with Crippen molar-refractivity contribution in [2.45, 2.75) is 25.0 Å². The fraction of sp³-hybridized carbons (Fsp3) is 0.389. The molecule has 128 valence electrons. The molecule has 0 aliphatic carbocycles. The summed E-state index contributed by atoms with van der Waals surface area (Å²) in [6.45, 7) is 1.81. The highest BCUT2D eigenvalue weighted by atomic mass is 19.1. The first-order valence-electron chi connectivity index (χ1n) is 8.05. The summed E-state index contributed by atoms with van der Waals surface area (Å²) in [7, 11) is 0. The molecule has 5 nitrogen and oxygen atoms in total. The summed E-state index contributed by atoms with van der Waals surface area (Å²) in [4.78, 5) is 14.0. The summed E-state index contributed by atoms with van der Waals surface area (Å²) in [5.74, 6) is 0.283. The van der Waals surface area contributed by atoms with E-state index < -0.39 is 5.60 Å². The third-order valence-electron chi connectivity index (χ3n) is 4.45. The molecular formula is C18H21FN2O3. The number of halogens is 1. The molecule has 1 aromatic heterocycles. The topological polar surface area (TPSA) is 65.7 Å². The highest BCUT2D eigenvalue weighted by Crippen LogP contribution is 2.32. The smallest absolute Gasteiger partial charge is 0.234 e. The van der Waals surface area contributed by atoms with Crippen molar-refractivity contribution in [1.82, 2.24) is 10.2 Å². The Morgan fingerprint density at radius 3 is 2.75 bits per heavy atom. The number of likely N-dealkylation sites (tertiary alicyclic amines) is 1. The van der Waals surface area contributed by atoms with Crippen LogP contribution in [0.3, 0.4) is 0 Å². The van der Waals surface area contributed by atoms with Crippen LogP contribution in [0.4, 0.5) is 4.39 Å². The van der Waals surface area contributed by atoms with Crippen LogP contribution >= 0.6 is 0 Å². The number of furan rings is 1. The molecule has 0 saturated carbocycles. The molecule has 1 aromatic carbocycles. The molecule has 2 N–H and O–H groups in total. The zero-order chi connectivity index (χ0) is 17.0. The molecule has 0 bridgehead atoms. The van der Waals surface area contributed by atoms with Crippen LogP contribution in [-0.4, -0.2) is 35.5 Å². The first kappa shape index (κ1) is 16.7. The van der Waals surface area contributed by atoms with Crippen LogP contribution in [-0.2, 0) is 16.9 Å². The highest BCUT2D eigenvalue weighted by molar-refractivity contribution is 5.77. The average molecular weight is 332 g/mol. The van der Waals surface area contributed by atoms with E-state index >= 15 is 0 Å². The first-order valence-corrected chi connectivity index (χ1v) is 8.05. The van der Waals surface area contributed by atoms with Crippen molar-refractivity contribution in [3.63, 3.8) is 0 Å². The minimum absolute atomic E-state index is 0.0809. The predicted octanol–water partition coefficient (Wildman–Crippen LogP) is 2.02. The van der Waals surface area contributed by atoms with Crippen molar-refractivity contribution in [3.05, 3.63) is 59.8 Å². The number of amides is 1. The lowest BCUT2D eigenvalue weighted by Gasteiger charge is -2.38. The van der Waals surface area contributed by atoms with E-state index in [1.54, 1.807) is 30.5 Å². The number of carbonyl (C=O) groups is 1. The Kier molecular flexibility index (Phi) is 4.97. The summed E-state index contributed by atoms with van der Waals surface area (Å²) in [6, 6.07) is 9.68. The van der Waals surface area contributed by atoms with Gasteiger partial charge in [0.1, 0.15) is 11.6 Å². The summed E-state index contributed by atoms with van der Waals surface area (Å²) >= 11 is 0. The summed E-state index contributed by atoms with van der Waals surface area (Å²) in [5.41, 5.74) is -0.423. The van der Waals surface area contributed by atoms with Gasteiger partial charge in [-0.25, -0.2) is 4.39 Å². The SMILES string of the molecule is O=C(CN1CCC(O)(c2cccc(F)c2)CC1)NCc1ccco1. The minimum atomic E-state index is -1.02. The second-order valence-corrected chi connectivity index (χ2v) is 6.17. The maximum atomic E-state index is 13.4. The van der Waals surface area contributed by atoms with Crippen LogP contribution in [0, 0.1) is 5.82 Å². The fourth-order valence-electron chi connectivity index (χ4n) is 3.01. The molecule has 24 heavy (non-hydrogen) atoms. The molecule has 2 aromatic rings. The molecule has 0 spiro atoms.